The van der Waals surface area contributed by atoms with Crippen LogP contribution in [0.2, 0.25) is 0 Å². The van der Waals surface area contributed by atoms with Crippen LogP contribution in [0.15, 0.2) is 60.7 Å². The number of nitrogens with one attached hydrogen (secondary N) is 3. The van der Waals surface area contributed by atoms with Gasteiger partial charge in [-0.15, -0.1) is 0 Å². The molecule has 0 spiro atoms. The summed E-state index contributed by atoms with van der Waals surface area (Å²) in [4.78, 5) is 105. The standard InChI is InChI=1S/C44H60N6O8/c1-7-28(2)37-43(57)50-23-15-14-21-33(50)40(54)46-32(27-36(51)58-44(3,4)5)41(55)48(6)35(26-30-19-12-9-13-20-30)42(56)49-24-16-22-34(49)39(53)45-31(38(52)47-37)25-29-17-10-8-11-18-29/h8-13,17-20,28,31-35,37H,7,14-16,21-27H2,1-6H3,(H,45,53)(H,46,54)(H,47,52)/t28?,31-,32+,33-,34+,35?,37+/m1/s1. The number of piperidine rings is 1. The highest BCUT2D eigenvalue weighted by molar-refractivity contribution is 5.99. The molecule has 2 aromatic carbocycles. The van der Waals surface area contributed by atoms with E-state index in [1.54, 1.807) is 20.8 Å². The van der Waals surface area contributed by atoms with Crippen LogP contribution in [0.5, 0.6) is 0 Å². The van der Waals surface area contributed by atoms with E-state index in [1.165, 1.54) is 21.7 Å². The van der Waals surface area contributed by atoms with Gasteiger partial charge >= 0.3 is 5.97 Å². The molecule has 3 aliphatic rings. The van der Waals surface area contributed by atoms with Gasteiger partial charge in [-0.05, 0) is 69.9 Å². The van der Waals surface area contributed by atoms with E-state index in [4.69, 9.17) is 4.74 Å². The zero-order valence-electron chi connectivity index (χ0n) is 34.7. The normalized spacial score (nSPS) is 26.1. The monoisotopic (exact) mass is 800 g/mol. The van der Waals surface area contributed by atoms with Crippen LogP contribution in [-0.2, 0) is 51.1 Å². The van der Waals surface area contributed by atoms with E-state index in [2.05, 4.69) is 16.0 Å². The van der Waals surface area contributed by atoms with Crippen LogP contribution in [-0.4, -0.2) is 118 Å². The van der Waals surface area contributed by atoms with Crippen LogP contribution in [0.4, 0.5) is 0 Å². The summed E-state index contributed by atoms with van der Waals surface area (Å²) < 4.78 is 5.58. The number of ether oxygens (including phenoxy) is 1. The summed E-state index contributed by atoms with van der Waals surface area (Å²) in [7, 11) is 1.46. The van der Waals surface area contributed by atoms with Crippen LogP contribution in [0, 0.1) is 5.92 Å². The van der Waals surface area contributed by atoms with Crippen LogP contribution in [0.3, 0.4) is 0 Å². The van der Waals surface area contributed by atoms with Crippen molar-refractivity contribution < 1.29 is 38.3 Å². The van der Waals surface area contributed by atoms with Gasteiger partial charge in [-0.3, -0.25) is 33.6 Å². The second kappa shape index (κ2) is 19.5. The zero-order valence-corrected chi connectivity index (χ0v) is 34.7. The molecule has 3 aliphatic heterocycles. The van der Waals surface area contributed by atoms with Crippen LogP contribution in [0.25, 0.3) is 0 Å². The van der Waals surface area contributed by atoms with Gasteiger partial charge in [0.1, 0.15) is 41.9 Å². The second-order valence-corrected chi connectivity index (χ2v) is 16.9. The summed E-state index contributed by atoms with van der Waals surface area (Å²) in [6.07, 6.45) is 2.59. The van der Waals surface area contributed by atoms with E-state index in [-0.39, 0.29) is 31.8 Å². The Bertz CT molecular complexity index is 1800. The maximum atomic E-state index is 14.8. The molecule has 0 aromatic heterocycles. The molecule has 7 atom stereocenters. The van der Waals surface area contributed by atoms with Gasteiger partial charge in [-0.25, -0.2) is 0 Å². The molecule has 58 heavy (non-hydrogen) atoms. The predicted molar refractivity (Wildman–Crippen MR) is 217 cm³/mol. The third-order valence-corrected chi connectivity index (χ3v) is 11.4. The first-order valence-corrected chi connectivity index (χ1v) is 20.7. The number of fused-ring (bicyclic) bond motifs is 2. The topological polar surface area (TPSA) is 175 Å². The van der Waals surface area contributed by atoms with Crippen molar-refractivity contribution in [2.75, 3.05) is 20.1 Å². The number of hydrogen-bond donors (Lipinski definition) is 3. The Morgan fingerprint density at radius 2 is 1.24 bits per heavy atom. The highest BCUT2D eigenvalue weighted by atomic mass is 16.6. The molecule has 3 heterocycles. The largest absolute Gasteiger partial charge is 0.460 e. The number of esters is 1. The minimum absolute atomic E-state index is 0.0841. The molecular formula is C44H60N6O8. The zero-order chi connectivity index (χ0) is 42.1. The Kier molecular flexibility index (Phi) is 14.7. The molecular weight excluding hydrogens is 741 g/mol. The quantitative estimate of drug-likeness (QED) is 0.342. The first-order chi connectivity index (χ1) is 27.6. The molecule has 14 heteroatoms. The number of likely N-dealkylation sites (N-methyl/N-ethyl adjacent to an activating group) is 1. The van der Waals surface area contributed by atoms with Gasteiger partial charge < -0.3 is 35.4 Å². The number of benzene rings is 2. The van der Waals surface area contributed by atoms with Gasteiger partial charge in [0.15, 0.2) is 0 Å². The van der Waals surface area contributed by atoms with Gasteiger partial charge in [0, 0.05) is 33.0 Å². The molecule has 0 bridgehead atoms. The molecule has 14 nitrogen and oxygen atoms in total. The smallest absolute Gasteiger partial charge is 0.308 e. The summed E-state index contributed by atoms with van der Waals surface area (Å²) in [6, 6.07) is 11.7. The summed E-state index contributed by atoms with van der Waals surface area (Å²) in [5, 5.41) is 8.68. The van der Waals surface area contributed by atoms with Crippen molar-refractivity contribution in [1.82, 2.24) is 30.7 Å². The lowest BCUT2D eigenvalue weighted by atomic mass is 9.93. The molecule has 2 unspecified atom stereocenters. The van der Waals surface area contributed by atoms with Gasteiger partial charge in [0.25, 0.3) is 0 Å². The highest BCUT2D eigenvalue weighted by Gasteiger charge is 2.44. The lowest BCUT2D eigenvalue weighted by Crippen LogP contribution is -2.63. The van der Waals surface area contributed by atoms with Gasteiger partial charge in [-0.2, -0.15) is 0 Å². The molecule has 3 fully saturated rings. The van der Waals surface area contributed by atoms with Crippen molar-refractivity contribution in [1.29, 1.82) is 0 Å². The Morgan fingerprint density at radius 3 is 1.83 bits per heavy atom. The van der Waals surface area contributed by atoms with Crippen molar-refractivity contribution in [3.05, 3.63) is 71.8 Å². The fourth-order valence-electron chi connectivity index (χ4n) is 8.05. The fourth-order valence-corrected chi connectivity index (χ4v) is 8.05. The molecule has 0 radical (unpaired) electrons. The average Bonchev–Trinajstić information content (AvgIpc) is 3.70. The van der Waals surface area contributed by atoms with E-state index in [0.29, 0.717) is 38.5 Å². The Hall–Kier alpha value is -5.27. The van der Waals surface area contributed by atoms with Gasteiger partial charge in [-0.1, -0.05) is 80.9 Å². The van der Waals surface area contributed by atoms with Crippen molar-refractivity contribution in [3.63, 3.8) is 0 Å². The first kappa shape index (κ1) is 43.8. The number of hydrogen-bond acceptors (Lipinski definition) is 8. The molecule has 0 aliphatic carbocycles. The molecule has 314 valence electrons. The molecule has 3 saturated heterocycles. The van der Waals surface area contributed by atoms with Gasteiger partial charge in [0.2, 0.25) is 35.4 Å². The summed E-state index contributed by atoms with van der Waals surface area (Å²) >= 11 is 0. The molecule has 3 N–H and O–H groups in total. The van der Waals surface area contributed by atoms with E-state index < -0.39 is 89.7 Å². The summed E-state index contributed by atoms with van der Waals surface area (Å²) in [5.74, 6) is -4.41. The lowest BCUT2D eigenvalue weighted by molar-refractivity contribution is -0.158. The Labute approximate surface area is 341 Å². The number of amides is 6. The highest BCUT2D eigenvalue weighted by Crippen LogP contribution is 2.25. The van der Waals surface area contributed by atoms with E-state index in [0.717, 1.165) is 11.1 Å². The summed E-state index contributed by atoms with van der Waals surface area (Å²) in [6.45, 7) is 9.30. The summed E-state index contributed by atoms with van der Waals surface area (Å²) in [5.41, 5.74) is 0.653. The van der Waals surface area contributed by atoms with E-state index in [1.807, 2.05) is 74.5 Å². The first-order valence-electron chi connectivity index (χ1n) is 20.7. The van der Waals surface area contributed by atoms with Crippen LogP contribution in [0.1, 0.15) is 90.7 Å². The SMILES string of the molecule is CCC(C)[C@@H]1NC(=O)[C@@H](Cc2ccccc2)NC(=O)[C@@H]2CCCN2C(=O)C(Cc2ccccc2)N(C)C(=O)[C@H](CC(=O)OC(C)(C)C)NC(=O)[C@H]2CCCCN2C1=O. The van der Waals surface area contributed by atoms with Crippen molar-refractivity contribution in [2.24, 2.45) is 5.92 Å². The van der Waals surface area contributed by atoms with E-state index in [9.17, 15) is 33.6 Å². The van der Waals surface area contributed by atoms with Crippen molar-refractivity contribution in [3.8, 4) is 0 Å². The number of carbonyl (C=O) groups is 7. The predicted octanol–water partition coefficient (Wildman–Crippen LogP) is 2.92. The number of carbonyl (C=O) groups excluding carboxylic acids is 7. The maximum absolute atomic E-state index is 14.8. The van der Waals surface area contributed by atoms with Crippen LogP contribution < -0.4 is 16.0 Å². The van der Waals surface area contributed by atoms with E-state index >= 15 is 0 Å². The molecule has 2 aromatic rings. The third-order valence-electron chi connectivity index (χ3n) is 11.4. The minimum Gasteiger partial charge on any atom is -0.460 e. The fraction of sp³-hybridized carbons (Fsp3) is 0.568. The van der Waals surface area contributed by atoms with Gasteiger partial charge in [0.05, 0.1) is 6.42 Å². The minimum atomic E-state index is -1.45. The average molecular weight is 801 g/mol. The lowest BCUT2D eigenvalue weighted by Gasteiger charge is -2.40. The van der Waals surface area contributed by atoms with Crippen molar-refractivity contribution >= 4 is 41.4 Å². The number of rotatable bonds is 8. The molecule has 0 saturated carbocycles. The Morgan fingerprint density at radius 1 is 0.707 bits per heavy atom. The molecule has 5 rings (SSSR count). The molecule has 6 amide bonds. The number of nitrogens with zero attached hydrogens (tertiary/aromatic N) is 3. The van der Waals surface area contributed by atoms with Crippen molar-refractivity contribution in [2.45, 2.75) is 134 Å². The van der Waals surface area contributed by atoms with Crippen LogP contribution >= 0.6 is 0 Å². The maximum Gasteiger partial charge on any atom is 0.308 e. The third kappa shape index (κ3) is 11.0. The Balaban J connectivity index is 1.60. The second-order valence-electron chi connectivity index (χ2n) is 16.9.